The first-order valence-electron chi connectivity index (χ1n) is 9.88. The lowest BCUT2D eigenvalue weighted by Gasteiger charge is -2.33. The summed E-state index contributed by atoms with van der Waals surface area (Å²) in [5.41, 5.74) is 1.14. The molecule has 0 spiro atoms. The maximum absolute atomic E-state index is 13.0. The smallest absolute Gasteiger partial charge is 0.243 e. The summed E-state index contributed by atoms with van der Waals surface area (Å²) in [7, 11) is -3.66. The molecule has 162 valence electrons. The van der Waals surface area contributed by atoms with Crippen LogP contribution in [0.1, 0.15) is 5.56 Å². The van der Waals surface area contributed by atoms with Crippen LogP contribution in [0.3, 0.4) is 0 Å². The number of nitrogens with one attached hydrogen (secondary N) is 1. The van der Waals surface area contributed by atoms with Gasteiger partial charge in [-0.25, -0.2) is 8.42 Å². The molecule has 9 nitrogen and oxygen atoms in total. The van der Waals surface area contributed by atoms with E-state index in [2.05, 4.69) is 5.32 Å². The van der Waals surface area contributed by atoms with E-state index in [9.17, 15) is 13.2 Å². The molecule has 0 unspecified atom stereocenters. The van der Waals surface area contributed by atoms with Gasteiger partial charge in [-0.2, -0.15) is 9.57 Å². The van der Waals surface area contributed by atoms with Crippen molar-refractivity contribution in [1.82, 2.24) is 9.21 Å². The number of rotatable bonds is 5. The van der Waals surface area contributed by atoms with Gasteiger partial charge in [-0.1, -0.05) is 0 Å². The molecule has 2 heterocycles. The number of nitriles is 1. The number of anilines is 1. The number of piperazine rings is 1. The highest BCUT2D eigenvalue weighted by Gasteiger charge is 2.30. The molecule has 4 rings (SSSR count). The van der Waals surface area contributed by atoms with Crippen molar-refractivity contribution < 1.29 is 22.7 Å². The molecule has 0 aromatic heterocycles. The standard InChI is InChI=1S/C21H22N4O5S/c22-14-16-1-3-17(4-2-16)23-21(26)15-24-7-9-25(10-8-24)31(27,28)18-5-6-19-20(13-18)30-12-11-29-19/h1-6,13H,7-12,15H2,(H,23,26). The maximum Gasteiger partial charge on any atom is 0.243 e. The zero-order chi connectivity index (χ0) is 21.8. The maximum atomic E-state index is 13.0. The minimum Gasteiger partial charge on any atom is -0.486 e. The van der Waals surface area contributed by atoms with E-state index in [1.807, 2.05) is 11.0 Å². The molecule has 0 bridgehead atoms. The summed E-state index contributed by atoms with van der Waals surface area (Å²) in [5, 5.41) is 11.6. The average Bonchev–Trinajstić information content (AvgIpc) is 2.79. The SMILES string of the molecule is N#Cc1ccc(NC(=O)CN2CCN(S(=O)(=O)c3ccc4c(c3)OCCO4)CC2)cc1. The third-order valence-corrected chi connectivity index (χ3v) is 7.04. The Morgan fingerprint density at radius 1 is 1.00 bits per heavy atom. The van der Waals surface area contributed by atoms with E-state index in [1.165, 1.54) is 16.4 Å². The zero-order valence-electron chi connectivity index (χ0n) is 16.8. The van der Waals surface area contributed by atoms with E-state index in [1.54, 1.807) is 30.3 Å². The molecule has 0 atom stereocenters. The van der Waals surface area contributed by atoms with Gasteiger partial charge in [0.25, 0.3) is 0 Å². The van der Waals surface area contributed by atoms with Crippen molar-refractivity contribution in [2.45, 2.75) is 4.90 Å². The second-order valence-corrected chi connectivity index (χ2v) is 9.16. The van der Waals surface area contributed by atoms with Crippen molar-refractivity contribution in [3.05, 3.63) is 48.0 Å². The zero-order valence-corrected chi connectivity index (χ0v) is 17.6. The van der Waals surface area contributed by atoms with Crippen molar-refractivity contribution >= 4 is 21.6 Å². The molecule has 2 aliphatic heterocycles. The highest BCUT2D eigenvalue weighted by Crippen LogP contribution is 2.33. The molecule has 1 fully saturated rings. The van der Waals surface area contributed by atoms with Gasteiger partial charge in [0.2, 0.25) is 15.9 Å². The van der Waals surface area contributed by atoms with Crippen LogP contribution in [0.25, 0.3) is 0 Å². The van der Waals surface area contributed by atoms with Gasteiger partial charge in [-0.05, 0) is 36.4 Å². The van der Waals surface area contributed by atoms with Gasteiger partial charge >= 0.3 is 0 Å². The topological polar surface area (TPSA) is 112 Å². The largest absolute Gasteiger partial charge is 0.486 e. The van der Waals surface area contributed by atoms with Crippen LogP contribution in [0.5, 0.6) is 11.5 Å². The molecule has 1 saturated heterocycles. The number of carbonyl (C=O) groups is 1. The van der Waals surface area contributed by atoms with E-state index in [0.29, 0.717) is 62.1 Å². The van der Waals surface area contributed by atoms with Crippen molar-refractivity contribution in [1.29, 1.82) is 5.26 Å². The number of hydrogen-bond donors (Lipinski definition) is 1. The Labute approximate surface area is 180 Å². The van der Waals surface area contributed by atoms with E-state index >= 15 is 0 Å². The van der Waals surface area contributed by atoms with Crippen LogP contribution in [0.4, 0.5) is 5.69 Å². The minimum absolute atomic E-state index is 0.165. The third kappa shape index (κ3) is 4.80. The average molecular weight is 442 g/mol. The monoisotopic (exact) mass is 442 g/mol. The van der Waals surface area contributed by atoms with Crippen LogP contribution < -0.4 is 14.8 Å². The Balaban J connectivity index is 1.32. The molecule has 0 saturated carbocycles. The molecule has 31 heavy (non-hydrogen) atoms. The predicted octanol–water partition coefficient (Wildman–Crippen LogP) is 1.27. The van der Waals surface area contributed by atoms with E-state index in [-0.39, 0.29) is 17.3 Å². The molecule has 0 aliphatic carbocycles. The summed E-state index contributed by atoms with van der Waals surface area (Å²) in [4.78, 5) is 14.4. The van der Waals surface area contributed by atoms with Gasteiger partial charge in [-0.3, -0.25) is 9.69 Å². The number of hydrogen-bond acceptors (Lipinski definition) is 7. The Kier molecular flexibility index (Phi) is 6.08. The second-order valence-electron chi connectivity index (χ2n) is 7.22. The van der Waals surface area contributed by atoms with Crippen LogP contribution in [0, 0.1) is 11.3 Å². The second kappa shape index (κ2) is 8.93. The quantitative estimate of drug-likeness (QED) is 0.742. The summed E-state index contributed by atoms with van der Waals surface area (Å²) in [5.74, 6) is 0.793. The van der Waals surface area contributed by atoms with Gasteiger partial charge in [0, 0.05) is 37.9 Å². The molecule has 1 amide bonds. The fraction of sp³-hybridized carbons (Fsp3) is 0.333. The molecule has 2 aromatic rings. The molecule has 2 aromatic carbocycles. The van der Waals surface area contributed by atoms with Crippen LogP contribution >= 0.6 is 0 Å². The van der Waals surface area contributed by atoms with E-state index in [4.69, 9.17) is 14.7 Å². The first-order chi connectivity index (χ1) is 15.0. The number of ether oxygens (including phenoxy) is 2. The van der Waals surface area contributed by atoms with Gasteiger partial charge in [0.1, 0.15) is 13.2 Å². The lowest BCUT2D eigenvalue weighted by atomic mass is 10.2. The Morgan fingerprint density at radius 2 is 1.68 bits per heavy atom. The molecule has 2 aliphatic rings. The lowest BCUT2D eigenvalue weighted by Crippen LogP contribution is -2.50. The van der Waals surface area contributed by atoms with Crippen molar-refractivity contribution in [3.63, 3.8) is 0 Å². The summed E-state index contributed by atoms with van der Waals surface area (Å²) >= 11 is 0. The number of sulfonamides is 1. The van der Waals surface area contributed by atoms with Crippen molar-refractivity contribution in [2.75, 3.05) is 51.3 Å². The Hall–Kier alpha value is -3.13. The summed E-state index contributed by atoms with van der Waals surface area (Å²) in [6.07, 6.45) is 0. The van der Waals surface area contributed by atoms with Gasteiger partial charge in [0.15, 0.2) is 11.5 Å². The highest BCUT2D eigenvalue weighted by atomic mass is 32.2. The molecule has 10 heteroatoms. The van der Waals surface area contributed by atoms with Crippen LogP contribution in [-0.2, 0) is 14.8 Å². The van der Waals surface area contributed by atoms with E-state index in [0.717, 1.165) is 0 Å². The normalized spacial score (nSPS) is 17.0. The van der Waals surface area contributed by atoms with Crippen molar-refractivity contribution in [3.8, 4) is 17.6 Å². The molecule has 1 N–H and O–H groups in total. The number of amides is 1. The minimum atomic E-state index is -3.66. The number of fused-ring (bicyclic) bond motifs is 1. The van der Waals surface area contributed by atoms with E-state index < -0.39 is 10.0 Å². The summed E-state index contributed by atoms with van der Waals surface area (Å²) in [6, 6.07) is 13.3. The summed E-state index contributed by atoms with van der Waals surface area (Å²) in [6.45, 7) is 2.48. The first kappa shape index (κ1) is 21.1. The molecule has 0 radical (unpaired) electrons. The van der Waals surface area contributed by atoms with Crippen molar-refractivity contribution in [2.24, 2.45) is 0 Å². The first-order valence-corrected chi connectivity index (χ1v) is 11.3. The lowest BCUT2D eigenvalue weighted by molar-refractivity contribution is -0.117. The highest BCUT2D eigenvalue weighted by molar-refractivity contribution is 7.89. The number of carbonyl (C=O) groups excluding carboxylic acids is 1. The predicted molar refractivity (Wildman–Crippen MR) is 112 cm³/mol. The molecular weight excluding hydrogens is 420 g/mol. The van der Waals surface area contributed by atoms with Gasteiger partial charge in [0.05, 0.1) is 23.1 Å². The number of nitrogens with zero attached hydrogens (tertiary/aromatic N) is 3. The Bertz CT molecular complexity index is 1100. The van der Waals surface area contributed by atoms with Gasteiger partial charge < -0.3 is 14.8 Å². The Morgan fingerprint density at radius 3 is 2.35 bits per heavy atom. The fourth-order valence-electron chi connectivity index (χ4n) is 3.49. The van der Waals surface area contributed by atoms with Gasteiger partial charge in [-0.15, -0.1) is 0 Å². The molecular formula is C21H22N4O5S. The van der Waals surface area contributed by atoms with Crippen LogP contribution in [0.15, 0.2) is 47.4 Å². The van der Waals surface area contributed by atoms with Crippen LogP contribution in [0.2, 0.25) is 0 Å². The summed E-state index contributed by atoms with van der Waals surface area (Å²) < 4.78 is 38.4. The third-order valence-electron chi connectivity index (χ3n) is 5.15. The fourth-order valence-corrected chi connectivity index (χ4v) is 4.93. The van der Waals surface area contributed by atoms with Crippen LogP contribution in [-0.4, -0.2) is 69.5 Å². The number of benzene rings is 2.